The number of hydrogen-bond donors (Lipinski definition) is 2. The fourth-order valence-electron chi connectivity index (χ4n) is 2.67. The topological polar surface area (TPSA) is 101 Å². The van der Waals surface area contributed by atoms with Gasteiger partial charge in [0.15, 0.2) is 11.5 Å². The smallest absolute Gasteiger partial charge is 0.336 e. The van der Waals surface area contributed by atoms with E-state index in [1.165, 1.54) is 18.2 Å². The molecule has 0 amide bonds. The number of nitrogens with zero attached hydrogens (tertiary/aromatic N) is 3. The van der Waals surface area contributed by atoms with Crippen molar-refractivity contribution in [2.75, 3.05) is 0 Å². The molecule has 0 saturated heterocycles. The zero-order chi connectivity index (χ0) is 17.4. The highest BCUT2D eigenvalue weighted by atomic mass is 16.4. The maximum atomic E-state index is 11.8. The molecule has 25 heavy (non-hydrogen) atoms. The van der Waals surface area contributed by atoms with Gasteiger partial charge in [-0.15, -0.1) is 5.10 Å². The number of hydrogen-bond acceptors (Lipinski definition) is 6. The molecule has 124 valence electrons. The number of phenols is 2. The average Bonchev–Trinajstić information content (AvgIpc) is 3.06. The molecular weight excluding hydrogens is 322 g/mol. The molecule has 0 aliphatic carbocycles. The predicted molar refractivity (Wildman–Crippen MR) is 90.4 cm³/mol. The zero-order valence-electron chi connectivity index (χ0n) is 13.0. The first-order valence-corrected chi connectivity index (χ1v) is 7.54. The largest absolute Gasteiger partial charge is 0.504 e. The first-order chi connectivity index (χ1) is 12.1. The van der Waals surface area contributed by atoms with Crippen molar-refractivity contribution in [3.05, 3.63) is 70.7 Å². The third kappa shape index (κ3) is 2.83. The summed E-state index contributed by atoms with van der Waals surface area (Å²) in [6.07, 6.45) is 1.77. The van der Waals surface area contributed by atoms with Crippen LogP contribution in [0.3, 0.4) is 0 Å². The molecule has 7 heteroatoms. The van der Waals surface area contributed by atoms with Crippen LogP contribution < -0.4 is 5.63 Å². The quantitative estimate of drug-likeness (QED) is 0.441. The van der Waals surface area contributed by atoms with Crippen molar-refractivity contribution in [3.8, 4) is 22.8 Å². The van der Waals surface area contributed by atoms with Crippen molar-refractivity contribution in [2.45, 2.75) is 6.54 Å². The Morgan fingerprint density at radius 1 is 1.04 bits per heavy atom. The van der Waals surface area contributed by atoms with Gasteiger partial charge in [-0.25, -0.2) is 9.48 Å². The van der Waals surface area contributed by atoms with Gasteiger partial charge in [0.1, 0.15) is 11.3 Å². The van der Waals surface area contributed by atoms with E-state index >= 15 is 0 Å². The number of fused-ring (bicyclic) bond motifs is 1. The average molecular weight is 335 g/mol. The summed E-state index contributed by atoms with van der Waals surface area (Å²) in [7, 11) is 0. The molecule has 2 N–H and O–H groups in total. The first-order valence-electron chi connectivity index (χ1n) is 7.54. The fraction of sp³-hybridized carbons (Fsp3) is 0.0556. The molecule has 2 aromatic heterocycles. The number of aromatic nitrogens is 3. The summed E-state index contributed by atoms with van der Waals surface area (Å²) in [6.45, 7) is 0.270. The van der Waals surface area contributed by atoms with Crippen molar-refractivity contribution < 1.29 is 14.6 Å². The molecule has 0 atom stereocenters. The zero-order valence-corrected chi connectivity index (χ0v) is 13.0. The second-order valence-corrected chi connectivity index (χ2v) is 5.60. The van der Waals surface area contributed by atoms with Gasteiger partial charge in [-0.05, 0) is 11.6 Å². The predicted octanol–water partition coefficient (Wildman–Crippen LogP) is 2.51. The Morgan fingerprint density at radius 3 is 2.60 bits per heavy atom. The lowest BCUT2D eigenvalue weighted by atomic mass is 10.1. The summed E-state index contributed by atoms with van der Waals surface area (Å²) < 4.78 is 6.68. The monoisotopic (exact) mass is 335 g/mol. The van der Waals surface area contributed by atoms with Gasteiger partial charge in [-0.3, -0.25) is 0 Å². The first kappa shape index (κ1) is 14.9. The molecule has 0 spiro atoms. The number of phenolic OH excluding ortho intramolecular Hbond substituents is 2. The van der Waals surface area contributed by atoms with Gasteiger partial charge in [0.25, 0.3) is 0 Å². The number of benzene rings is 2. The maximum Gasteiger partial charge on any atom is 0.336 e. The van der Waals surface area contributed by atoms with Gasteiger partial charge in [0, 0.05) is 23.1 Å². The molecule has 0 unspecified atom stereocenters. The van der Waals surface area contributed by atoms with Crippen molar-refractivity contribution in [3.63, 3.8) is 0 Å². The Labute approximate surface area is 141 Å². The molecule has 4 rings (SSSR count). The fourth-order valence-corrected chi connectivity index (χ4v) is 2.67. The van der Waals surface area contributed by atoms with E-state index in [4.69, 9.17) is 4.42 Å². The highest BCUT2D eigenvalue weighted by Gasteiger charge is 2.12. The van der Waals surface area contributed by atoms with Crippen LogP contribution in [0, 0.1) is 0 Å². The van der Waals surface area contributed by atoms with Crippen molar-refractivity contribution in [1.82, 2.24) is 15.0 Å². The minimum Gasteiger partial charge on any atom is -0.504 e. The molecular formula is C18H13N3O4. The standard InChI is InChI=1S/C18H13N3O4/c22-15-7-13-12(6-18(24)25-17(13)8-16(15)23)9-21-10-14(19-20-21)11-4-2-1-3-5-11/h1-8,10,22-23H,9H2. The van der Waals surface area contributed by atoms with Crippen LogP contribution in [-0.2, 0) is 6.54 Å². The molecule has 0 aliphatic rings. The van der Waals surface area contributed by atoms with Gasteiger partial charge in [0.2, 0.25) is 0 Å². The van der Waals surface area contributed by atoms with Gasteiger partial charge in [-0.2, -0.15) is 0 Å². The van der Waals surface area contributed by atoms with E-state index in [9.17, 15) is 15.0 Å². The number of rotatable bonds is 3. The Morgan fingerprint density at radius 2 is 1.80 bits per heavy atom. The molecule has 0 radical (unpaired) electrons. The molecule has 0 fully saturated rings. The number of aromatic hydroxyl groups is 2. The van der Waals surface area contributed by atoms with Crippen molar-refractivity contribution >= 4 is 11.0 Å². The highest BCUT2D eigenvalue weighted by molar-refractivity contribution is 5.83. The van der Waals surface area contributed by atoms with Gasteiger partial charge >= 0.3 is 5.63 Å². The van der Waals surface area contributed by atoms with Crippen LogP contribution in [-0.4, -0.2) is 25.2 Å². The summed E-state index contributed by atoms with van der Waals surface area (Å²) in [6, 6.07) is 13.5. The van der Waals surface area contributed by atoms with Crippen LogP contribution in [0.25, 0.3) is 22.2 Å². The summed E-state index contributed by atoms with van der Waals surface area (Å²) in [5, 5.41) is 28.0. The second-order valence-electron chi connectivity index (χ2n) is 5.60. The minimum absolute atomic E-state index is 0.196. The summed E-state index contributed by atoms with van der Waals surface area (Å²) in [5.41, 5.74) is 1.91. The van der Waals surface area contributed by atoms with Gasteiger partial charge < -0.3 is 14.6 Å². The molecule has 0 saturated carbocycles. The molecule has 7 nitrogen and oxygen atoms in total. The molecule has 4 aromatic rings. The lowest BCUT2D eigenvalue weighted by Crippen LogP contribution is -2.06. The normalized spacial score (nSPS) is 11.0. The summed E-state index contributed by atoms with van der Waals surface area (Å²) in [5.74, 6) is -0.633. The molecule has 2 aromatic carbocycles. The van der Waals surface area contributed by atoms with Crippen LogP contribution in [0.5, 0.6) is 11.5 Å². The van der Waals surface area contributed by atoms with Crippen LogP contribution in [0.15, 0.2) is 63.9 Å². The van der Waals surface area contributed by atoms with Crippen LogP contribution in [0.1, 0.15) is 5.56 Å². The summed E-state index contributed by atoms with van der Waals surface area (Å²) in [4.78, 5) is 11.8. The van der Waals surface area contributed by atoms with E-state index in [1.807, 2.05) is 30.3 Å². The lowest BCUT2D eigenvalue weighted by Gasteiger charge is -2.06. The molecule has 0 bridgehead atoms. The van der Waals surface area contributed by atoms with Crippen molar-refractivity contribution in [1.29, 1.82) is 0 Å². The van der Waals surface area contributed by atoms with Gasteiger partial charge in [-0.1, -0.05) is 35.5 Å². The molecule has 0 aliphatic heterocycles. The third-order valence-corrected chi connectivity index (χ3v) is 3.87. The lowest BCUT2D eigenvalue weighted by molar-refractivity contribution is 0.403. The van der Waals surface area contributed by atoms with E-state index < -0.39 is 5.63 Å². The van der Waals surface area contributed by atoms with E-state index in [0.717, 1.165) is 5.56 Å². The van der Waals surface area contributed by atoms with E-state index in [-0.39, 0.29) is 23.6 Å². The SMILES string of the molecule is O=c1cc(Cn2cc(-c3ccccc3)nn2)c2cc(O)c(O)cc2o1. The highest BCUT2D eigenvalue weighted by Crippen LogP contribution is 2.31. The Bertz CT molecular complexity index is 1120. The third-order valence-electron chi connectivity index (χ3n) is 3.87. The second kappa shape index (κ2) is 5.79. The van der Waals surface area contributed by atoms with E-state index in [0.29, 0.717) is 16.6 Å². The van der Waals surface area contributed by atoms with Crippen molar-refractivity contribution in [2.24, 2.45) is 0 Å². The van der Waals surface area contributed by atoms with Crippen LogP contribution in [0.4, 0.5) is 0 Å². The Balaban J connectivity index is 1.75. The summed E-state index contributed by atoms with van der Waals surface area (Å²) >= 11 is 0. The van der Waals surface area contributed by atoms with E-state index in [1.54, 1.807) is 10.9 Å². The minimum atomic E-state index is -0.545. The van der Waals surface area contributed by atoms with Gasteiger partial charge in [0.05, 0.1) is 12.7 Å². The van der Waals surface area contributed by atoms with Crippen LogP contribution in [0.2, 0.25) is 0 Å². The Hall–Kier alpha value is -3.61. The van der Waals surface area contributed by atoms with E-state index in [2.05, 4.69) is 10.3 Å². The molecule has 2 heterocycles. The Kier molecular flexibility index (Phi) is 3.46. The van der Waals surface area contributed by atoms with Crippen LogP contribution >= 0.6 is 0 Å². The maximum absolute atomic E-state index is 11.8.